The van der Waals surface area contributed by atoms with Gasteiger partial charge in [0.15, 0.2) is 0 Å². The monoisotopic (exact) mass is 501 g/mol. The van der Waals surface area contributed by atoms with Crippen LogP contribution in [0, 0.1) is 0 Å². The average molecular weight is 502 g/mol. The fourth-order valence-electron chi connectivity index (χ4n) is 3.43. The lowest BCUT2D eigenvalue weighted by Crippen LogP contribution is -2.25. The second-order valence-electron chi connectivity index (χ2n) is 7.50. The molecule has 6 nitrogen and oxygen atoms in total. The Labute approximate surface area is 208 Å². The molecule has 3 rings (SSSR count). The topological polar surface area (TPSA) is 84.9 Å². The molecule has 0 bridgehead atoms. The van der Waals surface area contributed by atoms with E-state index < -0.39 is 12.1 Å². The molecule has 178 valence electrons. The van der Waals surface area contributed by atoms with Crippen molar-refractivity contribution in [2.45, 2.75) is 26.3 Å². The van der Waals surface area contributed by atoms with Gasteiger partial charge in [-0.05, 0) is 53.4 Å². The van der Waals surface area contributed by atoms with Gasteiger partial charge in [-0.2, -0.15) is 0 Å². The van der Waals surface area contributed by atoms with E-state index in [2.05, 4.69) is 5.32 Å². The van der Waals surface area contributed by atoms with Crippen LogP contribution < -0.4 is 10.1 Å². The fourth-order valence-corrected chi connectivity index (χ4v) is 3.93. The molecule has 1 amide bonds. The number of hydrogen-bond donors (Lipinski definition) is 2. The van der Waals surface area contributed by atoms with Crippen LogP contribution in [-0.4, -0.2) is 30.4 Å². The Morgan fingerprint density at radius 3 is 2.50 bits per heavy atom. The van der Waals surface area contributed by atoms with Gasteiger partial charge in [0.25, 0.3) is 0 Å². The van der Waals surface area contributed by atoms with Gasteiger partial charge < -0.3 is 19.9 Å². The number of benzene rings is 3. The first-order valence-corrected chi connectivity index (χ1v) is 11.5. The lowest BCUT2D eigenvalue weighted by Gasteiger charge is -2.14. The molecule has 8 heteroatoms. The number of nitrogens with one attached hydrogen (secondary N) is 1. The number of alkyl carbamates (subject to hydrolysis) is 1. The van der Waals surface area contributed by atoms with Crippen molar-refractivity contribution >= 4 is 35.3 Å². The molecule has 0 atom stereocenters. The van der Waals surface area contributed by atoms with Crippen LogP contribution in [0.2, 0.25) is 10.0 Å². The lowest BCUT2D eigenvalue weighted by atomic mass is 9.99. The first-order valence-electron chi connectivity index (χ1n) is 10.8. The van der Waals surface area contributed by atoms with E-state index in [1.165, 1.54) is 0 Å². The van der Waals surface area contributed by atoms with Crippen LogP contribution in [0.4, 0.5) is 4.79 Å². The largest absolute Gasteiger partial charge is 0.494 e. The third-order valence-electron chi connectivity index (χ3n) is 5.02. The standard InChI is InChI=1S/C26H25Cl2NO5/c1-2-33-24-9-7-20(19-5-3-4-17(12-19)13-25(30)31)14-21(24)16-29-26(32)34-11-10-18-6-8-22(27)15-23(18)28/h3-9,12,14-15H,2,10-11,13,16H2,1H3,(H,29,32)(H,30,31). The molecule has 0 aliphatic carbocycles. The molecule has 0 fully saturated rings. The lowest BCUT2D eigenvalue weighted by molar-refractivity contribution is -0.136. The van der Waals surface area contributed by atoms with Crippen LogP contribution in [0.5, 0.6) is 5.75 Å². The highest BCUT2D eigenvalue weighted by Gasteiger charge is 2.11. The highest BCUT2D eigenvalue weighted by atomic mass is 35.5. The van der Waals surface area contributed by atoms with E-state index in [1.807, 2.05) is 43.3 Å². The van der Waals surface area contributed by atoms with Crippen molar-refractivity contribution in [1.82, 2.24) is 5.32 Å². The van der Waals surface area contributed by atoms with Gasteiger partial charge in [-0.1, -0.05) is 59.6 Å². The van der Waals surface area contributed by atoms with E-state index in [-0.39, 0.29) is 19.6 Å². The SMILES string of the molecule is CCOc1ccc(-c2cccc(CC(=O)O)c2)cc1CNC(=O)OCCc1ccc(Cl)cc1Cl. The minimum Gasteiger partial charge on any atom is -0.494 e. The minimum absolute atomic E-state index is 0.0493. The molecule has 0 aliphatic heterocycles. The molecule has 0 aromatic heterocycles. The third-order valence-corrected chi connectivity index (χ3v) is 5.61. The number of carbonyl (C=O) groups excluding carboxylic acids is 1. The molecule has 0 spiro atoms. The predicted octanol–water partition coefficient (Wildman–Crippen LogP) is 6.16. The van der Waals surface area contributed by atoms with Crippen LogP contribution in [0.15, 0.2) is 60.7 Å². The Balaban J connectivity index is 1.64. The van der Waals surface area contributed by atoms with E-state index in [0.29, 0.717) is 34.4 Å². The van der Waals surface area contributed by atoms with Crippen molar-refractivity contribution in [3.05, 3.63) is 87.4 Å². The number of halogens is 2. The maximum Gasteiger partial charge on any atom is 0.407 e. The van der Waals surface area contributed by atoms with Gasteiger partial charge in [-0.15, -0.1) is 0 Å². The van der Waals surface area contributed by atoms with Crippen LogP contribution in [0.3, 0.4) is 0 Å². The summed E-state index contributed by atoms with van der Waals surface area (Å²) < 4.78 is 11.0. The number of carboxylic acids is 1. The predicted molar refractivity (Wildman–Crippen MR) is 133 cm³/mol. The summed E-state index contributed by atoms with van der Waals surface area (Å²) in [4.78, 5) is 23.3. The zero-order chi connectivity index (χ0) is 24.5. The Morgan fingerprint density at radius 1 is 0.971 bits per heavy atom. The summed E-state index contributed by atoms with van der Waals surface area (Å²) in [6.45, 7) is 2.74. The molecule has 2 N–H and O–H groups in total. The van der Waals surface area contributed by atoms with Gasteiger partial charge >= 0.3 is 12.1 Å². The Morgan fingerprint density at radius 2 is 1.76 bits per heavy atom. The zero-order valence-corrected chi connectivity index (χ0v) is 20.2. The second-order valence-corrected chi connectivity index (χ2v) is 8.35. The van der Waals surface area contributed by atoms with Crippen molar-refractivity contribution < 1.29 is 24.2 Å². The molecule has 3 aromatic carbocycles. The number of ether oxygens (including phenoxy) is 2. The van der Waals surface area contributed by atoms with Gasteiger partial charge in [0.05, 0.1) is 19.6 Å². The summed E-state index contributed by atoms with van der Waals surface area (Å²) in [5, 5.41) is 12.9. The van der Waals surface area contributed by atoms with E-state index >= 15 is 0 Å². The molecule has 0 saturated heterocycles. The first kappa shape index (κ1) is 25.4. The number of aliphatic carboxylic acids is 1. The molecule has 0 saturated carbocycles. The van der Waals surface area contributed by atoms with Crippen molar-refractivity contribution in [2.24, 2.45) is 0 Å². The fraction of sp³-hybridized carbons (Fsp3) is 0.231. The third kappa shape index (κ3) is 7.40. The quantitative estimate of drug-likeness (QED) is 0.347. The van der Waals surface area contributed by atoms with Gasteiger partial charge in [0, 0.05) is 28.6 Å². The number of carbonyl (C=O) groups is 2. The van der Waals surface area contributed by atoms with Crippen LogP contribution in [0.1, 0.15) is 23.6 Å². The van der Waals surface area contributed by atoms with E-state index in [1.54, 1.807) is 24.3 Å². The molecule has 3 aromatic rings. The average Bonchev–Trinajstić information content (AvgIpc) is 2.80. The molecule has 0 aliphatic rings. The number of carboxylic acid groups (broad SMARTS) is 1. The van der Waals surface area contributed by atoms with Crippen LogP contribution >= 0.6 is 23.2 Å². The van der Waals surface area contributed by atoms with Crippen molar-refractivity contribution in [3.8, 4) is 16.9 Å². The van der Waals surface area contributed by atoms with Gasteiger partial charge in [0.2, 0.25) is 0 Å². The van der Waals surface area contributed by atoms with Gasteiger partial charge in [0.1, 0.15) is 5.75 Å². The molecule has 0 radical (unpaired) electrons. The van der Waals surface area contributed by atoms with Crippen molar-refractivity contribution in [3.63, 3.8) is 0 Å². The summed E-state index contributed by atoms with van der Waals surface area (Å²) >= 11 is 12.0. The maximum atomic E-state index is 12.2. The summed E-state index contributed by atoms with van der Waals surface area (Å²) in [5.41, 5.74) is 4.10. The first-order chi connectivity index (χ1) is 16.4. The van der Waals surface area contributed by atoms with Crippen molar-refractivity contribution in [1.29, 1.82) is 0 Å². The normalized spacial score (nSPS) is 10.6. The van der Waals surface area contributed by atoms with Gasteiger partial charge in [-0.25, -0.2) is 4.79 Å². The second kappa shape index (κ2) is 12.3. The number of hydrogen-bond acceptors (Lipinski definition) is 4. The summed E-state index contributed by atoms with van der Waals surface area (Å²) in [5.74, 6) is -0.230. The molecular formula is C26H25Cl2NO5. The summed E-state index contributed by atoms with van der Waals surface area (Å²) in [6, 6.07) is 18.2. The minimum atomic E-state index is -0.884. The molecule has 34 heavy (non-hydrogen) atoms. The molecular weight excluding hydrogens is 477 g/mol. The molecule has 0 unspecified atom stereocenters. The summed E-state index contributed by atoms with van der Waals surface area (Å²) in [7, 11) is 0. The highest BCUT2D eigenvalue weighted by molar-refractivity contribution is 6.35. The highest BCUT2D eigenvalue weighted by Crippen LogP contribution is 2.28. The van der Waals surface area contributed by atoms with E-state index in [0.717, 1.165) is 22.3 Å². The Hall–Kier alpha value is -3.22. The van der Waals surface area contributed by atoms with E-state index in [4.69, 9.17) is 37.8 Å². The zero-order valence-electron chi connectivity index (χ0n) is 18.6. The van der Waals surface area contributed by atoms with Crippen LogP contribution in [0.25, 0.3) is 11.1 Å². The Kier molecular flexibility index (Phi) is 9.19. The number of rotatable bonds is 10. The van der Waals surface area contributed by atoms with Gasteiger partial charge in [-0.3, -0.25) is 4.79 Å². The number of amides is 1. The van der Waals surface area contributed by atoms with Crippen molar-refractivity contribution in [2.75, 3.05) is 13.2 Å². The van der Waals surface area contributed by atoms with E-state index in [9.17, 15) is 9.59 Å². The van der Waals surface area contributed by atoms with Crippen LogP contribution in [-0.2, 0) is 28.9 Å². The maximum absolute atomic E-state index is 12.2. The summed E-state index contributed by atoms with van der Waals surface area (Å²) in [6.07, 6.45) is -0.135. The molecule has 0 heterocycles. The smallest absolute Gasteiger partial charge is 0.407 e. The Bertz CT molecular complexity index is 1170.